The molecule has 142 valence electrons. The molecule has 1 aliphatic rings. The Morgan fingerprint density at radius 2 is 1.89 bits per heavy atom. The fourth-order valence-corrected chi connectivity index (χ4v) is 3.04. The van der Waals surface area contributed by atoms with Gasteiger partial charge in [0.2, 0.25) is 5.78 Å². The molecule has 1 heterocycles. The van der Waals surface area contributed by atoms with Gasteiger partial charge in [0, 0.05) is 6.07 Å². The lowest BCUT2D eigenvalue weighted by atomic mass is 10.1. The van der Waals surface area contributed by atoms with Gasteiger partial charge in [-0.2, -0.15) is 8.42 Å². The van der Waals surface area contributed by atoms with Crippen LogP contribution in [0.1, 0.15) is 22.8 Å². The van der Waals surface area contributed by atoms with Gasteiger partial charge in [0.25, 0.3) is 0 Å². The van der Waals surface area contributed by atoms with E-state index in [0.29, 0.717) is 29.2 Å². The third kappa shape index (κ3) is 4.22. The minimum absolute atomic E-state index is 0.0606. The van der Waals surface area contributed by atoms with E-state index in [2.05, 4.69) is 0 Å². The van der Waals surface area contributed by atoms with Crippen molar-refractivity contribution < 1.29 is 31.6 Å². The quantitative estimate of drug-likeness (QED) is 0.553. The van der Waals surface area contributed by atoms with Gasteiger partial charge in [-0.15, -0.1) is 0 Å². The van der Waals surface area contributed by atoms with Gasteiger partial charge in [-0.3, -0.25) is 4.79 Å². The number of carbonyl (C=O) groups is 1. The van der Waals surface area contributed by atoms with Gasteiger partial charge in [0.1, 0.15) is 11.5 Å². The third-order valence-electron chi connectivity index (χ3n) is 3.68. The van der Waals surface area contributed by atoms with Crippen LogP contribution in [0.3, 0.4) is 0 Å². The van der Waals surface area contributed by atoms with Crippen molar-refractivity contribution in [2.24, 2.45) is 0 Å². The van der Waals surface area contributed by atoms with E-state index in [1.807, 2.05) is 6.92 Å². The average Bonchev–Trinajstić information content (AvgIpc) is 2.90. The number of methoxy groups -OCH3 is 1. The highest BCUT2D eigenvalue weighted by Crippen LogP contribution is 2.36. The van der Waals surface area contributed by atoms with Crippen LogP contribution < -0.4 is 18.4 Å². The van der Waals surface area contributed by atoms with Crippen molar-refractivity contribution in [3.05, 3.63) is 53.3 Å². The Hall–Kier alpha value is -3.00. The Kier molecular flexibility index (Phi) is 5.09. The molecule has 2 aromatic carbocycles. The summed E-state index contributed by atoms with van der Waals surface area (Å²) in [7, 11) is -2.29. The molecule has 0 saturated heterocycles. The van der Waals surface area contributed by atoms with Crippen LogP contribution in [0.15, 0.2) is 42.2 Å². The van der Waals surface area contributed by atoms with Gasteiger partial charge >= 0.3 is 10.1 Å². The monoisotopic (exact) mass is 390 g/mol. The lowest BCUT2D eigenvalue weighted by Gasteiger charge is -2.09. The van der Waals surface area contributed by atoms with Crippen LogP contribution in [0, 0.1) is 0 Å². The van der Waals surface area contributed by atoms with Crippen LogP contribution in [0.5, 0.6) is 23.0 Å². The molecule has 2 aromatic rings. The molecule has 0 spiro atoms. The summed E-state index contributed by atoms with van der Waals surface area (Å²) in [6.45, 7) is 2.38. The van der Waals surface area contributed by atoms with Crippen molar-refractivity contribution in [3.8, 4) is 23.0 Å². The van der Waals surface area contributed by atoms with E-state index >= 15 is 0 Å². The van der Waals surface area contributed by atoms with Crippen molar-refractivity contribution in [1.29, 1.82) is 0 Å². The Morgan fingerprint density at radius 3 is 2.56 bits per heavy atom. The molecule has 0 fully saturated rings. The SMILES string of the molecule is CCOc1ccc2c(c1)O/C(=C/c1ccc(OS(C)(=O)=O)c(OC)c1)C2=O. The number of fused-ring (bicyclic) bond motifs is 1. The molecule has 27 heavy (non-hydrogen) atoms. The number of ketones is 1. The van der Waals surface area contributed by atoms with E-state index in [9.17, 15) is 13.2 Å². The summed E-state index contributed by atoms with van der Waals surface area (Å²) in [5, 5.41) is 0. The average molecular weight is 390 g/mol. The molecular formula is C19H18O7S. The maximum Gasteiger partial charge on any atom is 0.306 e. The molecule has 0 N–H and O–H groups in total. The van der Waals surface area contributed by atoms with Gasteiger partial charge in [0.15, 0.2) is 17.3 Å². The normalized spacial score (nSPS) is 14.6. The summed E-state index contributed by atoms with van der Waals surface area (Å²) in [4.78, 5) is 12.5. The van der Waals surface area contributed by atoms with Gasteiger partial charge < -0.3 is 18.4 Å². The van der Waals surface area contributed by atoms with Crippen LogP contribution in [0.25, 0.3) is 6.08 Å². The molecule has 8 heteroatoms. The minimum Gasteiger partial charge on any atom is -0.494 e. The van der Waals surface area contributed by atoms with Crippen LogP contribution in [0.2, 0.25) is 0 Å². The largest absolute Gasteiger partial charge is 0.494 e. The maximum atomic E-state index is 12.5. The van der Waals surface area contributed by atoms with Crippen molar-refractivity contribution in [2.75, 3.05) is 20.0 Å². The lowest BCUT2D eigenvalue weighted by Crippen LogP contribution is -2.07. The number of rotatable bonds is 6. The van der Waals surface area contributed by atoms with E-state index in [1.54, 1.807) is 36.4 Å². The second kappa shape index (κ2) is 7.32. The third-order valence-corrected chi connectivity index (χ3v) is 4.16. The Bertz CT molecular complexity index is 1020. The lowest BCUT2D eigenvalue weighted by molar-refractivity contribution is 0.101. The predicted octanol–water partition coefficient (Wildman–Crippen LogP) is 3.05. The number of ether oxygens (including phenoxy) is 3. The first kappa shape index (κ1) is 18.8. The van der Waals surface area contributed by atoms with E-state index < -0.39 is 10.1 Å². The molecule has 0 aromatic heterocycles. The molecule has 0 saturated carbocycles. The molecule has 0 radical (unpaired) electrons. The Morgan fingerprint density at radius 1 is 1.11 bits per heavy atom. The molecule has 0 amide bonds. The molecule has 0 unspecified atom stereocenters. The molecular weight excluding hydrogens is 372 g/mol. The molecule has 3 rings (SSSR count). The summed E-state index contributed by atoms with van der Waals surface area (Å²) < 4.78 is 43.7. The van der Waals surface area contributed by atoms with Gasteiger partial charge in [-0.25, -0.2) is 0 Å². The van der Waals surface area contributed by atoms with Crippen LogP contribution in [0.4, 0.5) is 0 Å². The maximum absolute atomic E-state index is 12.5. The van der Waals surface area contributed by atoms with Crippen LogP contribution >= 0.6 is 0 Å². The Labute approximate surface area is 157 Å². The van der Waals surface area contributed by atoms with E-state index in [4.69, 9.17) is 18.4 Å². The smallest absolute Gasteiger partial charge is 0.306 e. The topological polar surface area (TPSA) is 88.1 Å². The zero-order valence-electron chi connectivity index (χ0n) is 15.0. The number of hydrogen-bond donors (Lipinski definition) is 0. The molecule has 0 bridgehead atoms. The fraction of sp³-hybridized carbons (Fsp3) is 0.211. The second-order valence-corrected chi connectivity index (χ2v) is 7.30. The van der Waals surface area contributed by atoms with Crippen molar-refractivity contribution in [2.45, 2.75) is 6.92 Å². The minimum atomic E-state index is -3.69. The zero-order valence-corrected chi connectivity index (χ0v) is 15.8. The first-order valence-corrected chi connectivity index (χ1v) is 9.91. The summed E-state index contributed by atoms with van der Waals surface area (Å²) in [6.07, 6.45) is 2.50. The number of benzene rings is 2. The number of hydrogen-bond acceptors (Lipinski definition) is 7. The molecule has 0 atom stereocenters. The Balaban J connectivity index is 1.90. The highest BCUT2D eigenvalue weighted by atomic mass is 32.2. The van der Waals surface area contributed by atoms with Gasteiger partial charge in [0.05, 0.1) is 25.5 Å². The molecule has 7 nitrogen and oxygen atoms in total. The summed E-state index contributed by atoms with van der Waals surface area (Å²) >= 11 is 0. The molecule has 0 aliphatic carbocycles. The number of allylic oxidation sites excluding steroid dienone is 1. The predicted molar refractivity (Wildman–Crippen MR) is 99.0 cm³/mol. The van der Waals surface area contributed by atoms with Crippen molar-refractivity contribution in [1.82, 2.24) is 0 Å². The summed E-state index contributed by atoms with van der Waals surface area (Å²) in [5.74, 6) is 1.23. The van der Waals surface area contributed by atoms with Crippen LogP contribution in [-0.2, 0) is 10.1 Å². The molecule has 1 aliphatic heterocycles. The highest BCUT2D eigenvalue weighted by Gasteiger charge is 2.27. The fourth-order valence-electron chi connectivity index (χ4n) is 2.58. The van der Waals surface area contributed by atoms with E-state index in [0.717, 1.165) is 6.26 Å². The summed E-state index contributed by atoms with van der Waals surface area (Å²) in [5.41, 5.74) is 1.04. The van der Waals surface area contributed by atoms with Gasteiger partial charge in [-0.1, -0.05) is 6.07 Å². The van der Waals surface area contributed by atoms with Crippen molar-refractivity contribution >= 4 is 22.0 Å². The van der Waals surface area contributed by atoms with E-state index in [-0.39, 0.29) is 23.0 Å². The second-order valence-electron chi connectivity index (χ2n) is 5.73. The number of carbonyl (C=O) groups excluding carboxylic acids is 1. The van der Waals surface area contributed by atoms with Gasteiger partial charge in [-0.05, 0) is 42.8 Å². The first-order valence-electron chi connectivity index (χ1n) is 8.09. The van der Waals surface area contributed by atoms with E-state index in [1.165, 1.54) is 13.2 Å². The number of Topliss-reactive ketones (excluding diaryl/α,β-unsaturated/α-hetero) is 1. The van der Waals surface area contributed by atoms with Crippen LogP contribution in [-0.4, -0.2) is 34.2 Å². The van der Waals surface area contributed by atoms with Crippen molar-refractivity contribution in [3.63, 3.8) is 0 Å². The highest BCUT2D eigenvalue weighted by molar-refractivity contribution is 7.86. The standard InChI is InChI=1S/C19H18O7S/c1-4-24-13-6-7-14-16(11-13)25-18(19(14)20)10-12-5-8-15(17(9-12)23-2)26-27(3,21)22/h5-11H,4H2,1-3H3/b18-10+. The first-order chi connectivity index (χ1) is 12.8. The zero-order chi connectivity index (χ0) is 19.6. The summed E-state index contributed by atoms with van der Waals surface area (Å²) in [6, 6.07) is 9.65.